The van der Waals surface area contributed by atoms with E-state index in [9.17, 15) is 9.90 Å². The molecule has 0 saturated carbocycles. The molecule has 5 nitrogen and oxygen atoms in total. The Bertz CT molecular complexity index is 577. The first-order valence-electron chi connectivity index (χ1n) is 6.72. The lowest BCUT2D eigenvalue weighted by Crippen LogP contribution is -2.46. The van der Waals surface area contributed by atoms with Crippen LogP contribution in [0.5, 0.6) is 0 Å². The average molecular weight is 276 g/mol. The van der Waals surface area contributed by atoms with E-state index >= 15 is 0 Å². The maximum absolute atomic E-state index is 11.8. The highest BCUT2D eigenvalue weighted by atomic mass is 16.3. The van der Waals surface area contributed by atoms with Gasteiger partial charge in [0.2, 0.25) is 0 Å². The third-order valence-electron chi connectivity index (χ3n) is 3.32. The summed E-state index contributed by atoms with van der Waals surface area (Å²) < 4.78 is 5.41. The smallest absolute Gasteiger partial charge is 0.315 e. The largest absolute Gasteiger partial charge is 0.464 e. The van der Waals surface area contributed by atoms with Gasteiger partial charge in [0.1, 0.15) is 5.58 Å². The molecule has 0 radical (unpaired) electrons. The number of carbonyl (C=O) groups excluding carboxylic acids is 1. The molecule has 0 aliphatic rings. The van der Waals surface area contributed by atoms with Crippen LogP contribution in [0.2, 0.25) is 0 Å². The first-order valence-corrected chi connectivity index (χ1v) is 6.72. The van der Waals surface area contributed by atoms with Crippen molar-refractivity contribution in [3.05, 3.63) is 36.1 Å². The van der Waals surface area contributed by atoms with Crippen molar-refractivity contribution in [2.24, 2.45) is 5.92 Å². The molecule has 0 spiro atoms. The van der Waals surface area contributed by atoms with E-state index in [1.54, 1.807) is 6.26 Å². The van der Waals surface area contributed by atoms with Crippen LogP contribution in [0.3, 0.4) is 0 Å². The molecule has 1 heterocycles. The van der Waals surface area contributed by atoms with E-state index in [2.05, 4.69) is 10.6 Å². The molecule has 0 unspecified atom stereocenters. The van der Waals surface area contributed by atoms with Gasteiger partial charge >= 0.3 is 6.03 Å². The molecule has 2 amide bonds. The Balaban J connectivity index is 1.93. The van der Waals surface area contributed by atoms with Crippen LogP contribution in [0.15, 0.2) is 34.9 Å². The Morgan fingerprint density at radius 3 is 2.80 bits per heavy atom. The highest BCUT2D eigenvalue weighted by Crippen LogP contribution is 2.20. The number of urea groups is 1. The summed E-state index contributed by atoms with van der Waals surface area (Å²) in [4.78, 5) is 11.8. The van der Waals surface area contributed by atoms with Gasteiger partial charge in [-0.2, -0.15) is 0 Å². The monoisotopic (exact) mass is 276 g/mol. The summed E-state index contributed by atoms with van der Waals surface area (Å²) >= 11 is 0. The number of para-hydroxylation sites is 1. The van der Waals surface area contributed by atoms with E-state index in [0.717, 1.165) is 16.5 Å². The zero-order valence-corrected chi connectivity index (χ0v) is 11.7. The molecule has 1 atom stereocenters. The van der Waals surface area contributed by atoms with Gasteiger partial charge < -0.3 is 20.2 Å². The Hall–Kier alpha value is -2.01. The average Bonchev–Trinajstić information content (AvgIpc) is 2.85. The second-order valence-electron chi connectivity index (χ2n) is 5.12. The molecular formula is C15H20N2O3. The quantitative estimate of drug-likeness (QED) is 0.784. The summed E-state index contributed by atoms with van der Waals surface area (Å²) in [6, 6.07) is 7.16. The zero-order chi connectivity index (χ0) is 14.5. The minimum Gasteiger partial charge on any atom is -0.464 e. The Morgan fingerprint density at radius 2 is 2.10 bits per heavy atom. The molecule has 20 heavy (non-hydrogen) atoms. The predicted octanol–water partition coefficient (Wildman–Crippen LogP) is 2.25. The van der Waals surface area contributed by atoms with Crippen molar-refractivity contribution in [1.29, 1.82) is 0 Å². The third-order valence-corrected chi connectivity index (χ3v) is 3.32. The van der Waals surface area contributed by atoms with Crippen molar-refractivity contribution < 1.29 is 14.3 Å². The molecule has 1 aromatic carbocycles. The number of furan rings is 1. The van der Waals surface area contributed by atoms with Crippen LogP contribution >= 0.6 is 0 Å². The molecule has 108 valence electrons. The SMILES string of the molecule is CC(C)[C@@H](CO)NC(=O)NCc1coc2ccccc12. The number of aliphatic hydroxyl groups is 1. The van der Waals surface area contributed by atoms with Crippen molar-refractivity contribution in [3.8, 4) is 0 Å². The first kappa shape index (κ1) is 14.4. The summed E-state index contributed by atoms with van der Waals surface area (Å²) in [5.41, 5.74) is 1.74. The Kier molecular flexibility index (Phi) is 4.63. The molecule has 1 aromatic heterocycles. The number of aliphatic hydroxyl groups excluding tert-OH is 1. The predicted molar refractivity (Wildman–Crippen MR) is 77.3 cm³/mol. The molecular weight excluding hydrogens is 256 g/mol. The summed E-state index contributed by atoms with van der Waals surface area (Å²) in [7, 11) is 0. The fourth-order valence-electron chi connectivity index (χ4n) is 1.99. The van der Waals surface area contributed by atoms with Crippen LogP contribution in [0.4, 0.5) is 4.79 Å². The maximum atomic E-state index is 11.8. The van der Waals surface area contributed by atoms with Crippen LogP contribution in [0.25, 0.3) is 11.0 Å². The fraction of sp³-hybridized carbons (Fsp3) is 0.400. The topological polar surface area (TPSA) is 74.5 Å². The normalized spacial score (nSPS) is 12.6. The van der Waals surface area contributed by atoms with Gasteiger partial charge in [-0.3, -0.25) is 0 Å². The molecule has 0 fully saturated rings. The van der Waals surface area contributed by atoms with E-state index in [1.807, 2.05) is 38.1 Å². The van der Waals surface area contributed by atoms with Crippen molar-refractivity contribution in [1.82, 2.24) is 10.6 Å². The molecule has 2 rings (SSSR count). The molecule has 5 heteroatoms. The van der Waals surface area contributed by atoms with E-state index in [4.69, 9.17) is 4.42 Å². The minimum atomic E-state index is -0.289. The number of amides is 2. The Morgan fingerprint density at radius 1 is 1.35 bits per heavy atom. The van der Waals surface area contributed by atoms with Gasteiger partial charge in [-0.05, 0) is 12.0 Å². The second kappa shape index (κ2) is 6.43. The lowest BCUT2D eigenvalue weighted by molar-refractivity contribution is 0.198. The van der Waals surface area contributed by atoms with Crippen LogP contribution < -0.4 is 10.6 Å². The number of hydrogen-bond donors (Lipinski definition) is 3. The van der Waals surface area contributed by atoms with Gasteiger partial charge in [0.25, 0.3) is 0 Å². The van der Waals surface area contributed by atoms with Crippen molar-refractivity contribution in [2.45, 2.75) is 26.4 Å². The van der Waals surface area contributed by atoms with Gasteiger partial charge in [0, 0.05) is 17.5 Å². The molecule has 2 aromatic rings. The molecule has 0 bridgehead atoms. The van der Waals surface area contributed by atoms with Gasteiger partial charge in [-0.25, -0.2) is 4.79 Å². The van der Waals surface area contributed by atoms with Crippen LogP contribution in [0, 0.1) is 5.92 Å². The maximum Gasteiger partial charge on any atom is 0.315 e. The van der Waals surface area contributed by atoms with Gasteiger partial charge in [0.05, 0.1) is 18.9 Å². The first-order chi connectivity index (χ1) is 9.61. The standard InChI is InChI=1S/C15H20N2O3/c1-10(2)13(8-18)17-15(19)16-7-11-9-20-14-6-4-3-5-12(11)14/h3-6,9-10,13,18H,7-8H2,1-2H3,(H2,16,17,19)/t13-/m1/s1. The lowest BCUT2D eigenvalue weighted by atomic mass is 10.1. The van der Waals surface area contributed by atoms with Gasteiger partial charge in [0.15, 0.2) is 0 Å². The highest BCUT2D eigenvalue weighted by Gasteiger charge is 2.15. The van der Waals surface area contributed by atoms with E-state index < -0.39 is 0 Å². The second-order valence-corrected chi connectivity index (χ2v) is 5.12. The van der Waals surface area contributed by atoms with Gasteiger partial charge in [-0.15, -0.1) is 0 Å². The van der Waals surface area contributed by atoms with E-state index in [1.165, 1.54) is 0 Å². The summed E-state index contributed by atoms with van der Waals surface area (Å²) in [6.07, 6.45) is 1.65. The van der Waals surface area contributed by atoms with E-state index in [0.29, 0.717) is 6.54 Å². The van der Waals surface area contributed by atoms with Crippen LogP contribution in [-0.4, -0.2) is 23.8 Å². The van der Waals surface area contributed by atoms with Crippen molar-refractivity contribution in [3.63, 3.8) is 0 Å². The molecule has 0 saturated heterocycles. The summed E-state index contributed by atoms with van der Waals surface area (Å²) in [5.74, 6) is 0.181. The van der Waals surface area contributed by atoms with Gasteiger partial charge in [-0.1, -0.05) is 32.0 Å². The molecule has 0 aliphatic carbocycles. The summed E-state index contributed by atoms with van der Waals surface area (Å²) in [6.45, 7) is 4.22. The lowest BCUT2D eigenvalue weighted by Gasteiger charge is -2.20. The van der Waals surface area contributed by atoms with Crippen molar-refractivity contribution >= 4 is 17.0 Å². The number of nitrogens with one attached hydrogen (secondary N) is 2. The molecule has 0 aliphatic heterocycles. The van der Waals surface area contributed by atoms with E-state index in [-0.39, 0.29) is 24.6 Å². The number of fused-ring (bicyclic) bond motifs is 1. The fourth-order valence-corrected chi connectivity index (χ4v) is 1.99. The van der Waals surface area contributed by atoms with Crippen LogP contribution in [-0.2, 0) is 6.54 Å². The Labute approximate surface area is 118 Å². The van der Waals surface area contributed by atoms with Crippen LogP contribution in [0.1, 0.15) is 19.4 Å². The minimum absolute atomic E-state index is 0.0697. The number of rotatable bonds is 5. The highest BCUT2D eigenvalue weighted by molar-refractivity contribution is 5.81. The number of hydrogen-bond acceptors (Lipinski definition) is 3. The third kappa shape index (κ3) is 3.30. The zero-order valence-electron chi connectivity index (χ0n) is 11.7. The molecule has 3 N–H and O–H groups in total. The number of carbonyl (C=O) groups is 1. The number of benzene rings is 1. The summed E-state index contributed by atoms with van der Waals surface area (Å²) in [5, 5.41) is 15.7. The van der Waals surface area contributed by atoms with Crippen molar-refractivity contribution in [2.75, 3.05) is 6.61 Å².